The molecule has 0 atom stereocenters. The van der Waals surface area contributed by atoms with E-state index < -0.39 is 0 Å². The van der Waals surface area contributed by atoms with E-state index in [-0.39, 0.29) is 0 Å². The van der Waals surface area contributed by atoms with Gasteiger partial charge in [-0.15, -0.1) is 0 Å². The molecule has 0 bridgehead atoms. The molecule has 0 spiro atoms. The maximum Gasteiger partial charge on any atom is 0.181 e. The fourth-order valence-corrected chi connectivity index (χ4v) is 0.876. The first-order valence-corrected chi connectivity index (χ1v) is 3.33. The Labute approximate surface area is 56.1 Å². The van der Waals surface area contributed by atoms with E-state index in [2.05, 4.69) is 6.58 Å². The predicted molar refractivity (Wildman–Crippen MR) is 37.0 cm³/mol. The van der Waals surface area contributed by atoms with Crippen molar-refractivity contribution in [1.82, 2.24) is 4.90 Å². The number of hydrogen-bond acceptors (Lipinski definition) is 2. The number of ether oxygens (including phenoxy) is 1. The molecule has 1 aliphatic heterocycles. The van der Waals surface area contributed by atoms with E-state index in [4.69, 9.17) is 4.74 Å². The fourth-order valence-electron chi connectivity index (χ4n) is 0.876. The van der Waals surface area contributed by atoms with Gasteiger partial charge in [-0.1, -0.05) is 0 Å². The smallest absolute Gasteiger partial charge is 0.181 e. The summed E-state index contributed by atoms with van der Waals surface area (Å²) >= 11 is 0. The first kappa shape index (κ1) is 6.46. The van der Waals surface area contributed by atoms with Crippen molar-refractivity contribution in [1.29, 1.82) is 0 Å². The lowest BCUT2D eigenvalue weighted by molar-refractivity contribution is 0.154. The topological polar surface area (TPSA) is 12.5 Å². The molecule has 0 N–H and O–H groups in total. The average molecular weight is 127 g/mol. The highest BCUT2D eigenvalue weighted by Gasteiger charge is 2.06. The summed E-state index contributed by atoms with van der Waals surface area (Å²) in [5.41, 5.74) is 0. The molecule has 0 unspecified atom stereocenters. The van der Waals surface area contributed by atoms with Gasteiger partial charge in [0.15, 0.2) is 5.88 Å². The Hall–Kier alpha value is -0.660. The van der Waals surface area contributed by atoms with E-state index in [1.54, 1.807) is 0 Å². The Bertz CT molecular complexity index is 111. The Morgan fingerprint density at radius 2 is 2.33 bits per heavy atom. The number of rotatable bonds is 0. The second kappa shape index (κ2) is 2.76. The lowest BCUT2D eigenvalue weighted by atomic mass is 10.3. The summed E-state index contributed by atoms with van der Waals surface area (Å²) in [6.07, 6.45) is 2.37. The van der Waals surface area contributed by atoms with Crippen LogP contribution >= 0.6 is 0 Å². The molecule has 2 nitrogen and oxygen atoms in total. The van der Waals surface area contributed by atoms with Crippen LogP contribution in [0.5, 0.6) is 0 Å². The van der Waals surface area contributed by atoms with Crippen LogP contribution in [0, 0.1) is 0 Å². The van der Waals surface area contributed by atoms with Gasteiger partial charge in [0.05, 0.1) is 6.61 Å². The zero-order valence-electron chi connectivity index (χ0n) is 5.89. The van der Waals surface area contributed by atoms with Crippen LogP contribution in [0.25, 0.3) is 0 Å². The molecule has 9 heavy (non-hydrogen) atoms. The number of hydrogen-bond donors (Lipinski definition) is 0. The van der Waals surface area contributed by atoms with Crippen molar-refractivity contribution in [2.75, 3.05) is 20.2 Å². The molecule has 1 rings (SSSR count). The highest BCUT2D eigenvalue weighted by molar-refractivity contribution is 4.82. The summed E-state index contributed by atoms with van der Waals surface area (Å²) in [4.78, 5) is 2.05. The van der Waals surface area contributed by atoms with Crippen molar-refractivity contribution < 1.29 is 4.74 Å². The van der Waals surface area contributed by atoms with E-state index in [0.717, 1.165) is 25.5 Å². The zero-order valence-corrected chi connectivity index (χ0v) is 5.89. The molecule has 0 aliphatic carbocycles. The van der Waals surface area contributed by atoms with Crippen LogP contribution in [0.1, 0.15) is 12.8 Å². The minimum absolute atomic E-state index is 0.812. The second-order valence-electron chi connectivity index (χ2n) is 2.37. The standard InChI is InChI=1S/C7H13NO/c1-7-8(2)5-3-4-6-9-7/h1,3-6H2,2H3. The normalized spacial score (nSPS) is 21.0. The highest BCUT2D eigenvalue weighted by Crippen LogP contribution is 2.08. The first-order chi connectivity index (χ1) is 4.30. The van der Waals surface area contributed by atoms with Crippen LogP contribution in [0.4, 0.5) is 0 Å². The van der Waals surface area contributed by atoms with Crippen LogP contribution in [-0.2, 0) is 4.74 Å². The molecular formula is C7H13NO. The summed E-state index contributed by atoms with van der Waals surface area (Å²) in [6, 6.07) is 0. The maximum atomic E-state index is 5.25. The van der Waals surface area contributed by atoms with Gasteiger partial charge in [0.25, 0.3) is 0 Å². The zero-order chi connectivity index (χ0) is 6.69. The predicted octanol–water partition coefficient (Wildman–Crippen LogP) is 1.20. The molecule has 0 aromatic heterocycles. The summed E-state index contributed by atoms with van der Waals surface area (Å²) in [6.45, 7) is 5.68. The Kier molecular flexibility index (Phi) is 1.98. The fraction of sp³-hybridized carbons (Fsp3) is 0.714. The Morgan fingerprint density at radius 3 is 3.11 bits per heavy atom. The van der Waals surface area contributed by atoms with Gasteiger partial charge in [-0.25, -0.2) is 0 Å². The van der Waals surface area contributed by atoms with Crippen LogP contribution in [0.15, 0.2) is 12.5 Å². The Morgan fingerprint density at radius 1 is 1.56 bits per heavy atom. The van der Waals surface area contributed by atoms with Crippen LogP contribution in [-0.4, -0.2) is 25.1 Å². The van der Waals surface area contributed by atoms with Crippen molar-refractivity contribution in [2.24, 2.45) is 0 Å². The van der Waals surface area contributed by atoms with Crippen molar-refractivity contribution in [3.8, 4) is 0 Å². The molecule has 52 valence electrons. The minimum atomic E-state index is 0.812. The molecule has 1 aliphatic rings. The molecule has 0 aromatic carbocycles. The molecule has 0 saturated carbocycles. The SMILES string of the molecule is C=C1OCCCCN1C. The lowest BCUT2D eigenvalue weighted by Crippen LogP contribution is -2.16. The number of nitrogens with zero attached hydrogens (tertiary/aromatic N) is 1. The van der Waals surface area contributed by atoms with Crippen molar-refractivity contribution >= 4 is 0 Å². The first-order valence-electron chi connectivity index (χ1n) is 3.33. The quantitative estimate of drug-likeness (QED) is 0.485. The third-order valence-electron chi connectivity index (χ3n) is 1.58. The summed E-state index contributed by atoms with van der Waals surface area (Å²) in [7, 11) is 2.01. The molecule has 0 aromatic rings. The Balaban J connectivity index is 2.41. The highest BCUT2D eigenvalue weighted by atomic mass is 16.5. The molecule has 1 fully saturated rings. The van der Waals surface area contributed by atoms with Crippen molar-refractivity contribution in [3.63, 3.8) is 0 Å². The van der Waals surface area contributed by atoms with Crippen LogP contribution in [0.2, 0.25) is 0 Å². The molecule has 0 radical (unpaired) electrons. The van der Waals surface area contributed by atoms with E-state index >= 15 is 0 Å². The van der Waals surface area contributed by atoms with Crippen molar-refractivity contribution in [2.45, 2.75) is 12.8 Å². The third kappa shape index (κ3) is 1.63. The monoisotopic (exact) mass is 127 g/mol. The molecule has 1 saturated heterocycles. The summed E-state index contributed by atoms with van der Waals surface area (Å²) < 4.78 is 5.25. The van der Waals surface area contributed by atoms with Crippen LogP contribution in [0.3, 0.4) is 0 Å². The van der Waals surface area contributed by atoms with Gasteiger partial charge in [-0.3, -0.25) is 0 Å². The van der Waals surface area contributed by atoms with Gasteiger partial charge < -0.3 is 9.64 Å². The van der Waals surface area contributed by atoms with Gasteiger partial charge in [-0.2, -0.15) is 0 Å². The average Bonchev–Trinajstić information content (AvgIpc) is 1.99. The van der Waals surface area contributed by atoms with E-state index in [0.29, 0.717) is 0 Å². The van der Waals surface area contributed by atoms with Gasteiger partial charge >= 0.3 is 0 Å². The van der Waals surface area contributed by atoms with E-state index in [9.17, 15) is 0 Å². The van der Waals surface area contributed by atoms with Gasteiger partial charge in [0, 0.05) is 13.6 Å². The molecule has 1 heterocycles. The van der Waals surface area contributed by atoms with Gasteiger partial charge in [-0.05, 0) is 19.4 Å². The van der Waals surface area contributed by atoms with Crippen molar-refractivity contribution in [3.05, 3.63) is 12.5 Å². The third-order valence-corrected chi connectivity index (χ3v) is 1.58. The maximum absolute atomic E-state index is 5.25. The molecule has 2 heteroatoms. The van der Waals surface area contributed by atoms with Gasteiger partial charge in [0.2, 0.25) is 0 Å². The second-order valence-corrected chi connectivity index (χ2v) is 2.37. The lowest BCUT2D eigenvalue weighted by Gasteiger charge is -2.16. The molecular weight excluding hydrogens is 114 g/mol. The van der Waals surface area contributed by atoms with E-state index in [1.165, 1.54) is 6.42 Å². The minimum Gasteiger partial charge on any atom is -0.480 e. The van der Waals surface area contributed by atoms with Gasteiger partial charge in [0.1, 0.15) is 0 Å². The summed E-state index contributed by atoms with van der Waals surface area (Å²) in [5, 5.41) is 0. The van der Waals surface area contributed by atoms with Crippen LogP contribution < -0.4 is 0 Å². The van der Waals surface area contributed by atoms with E-state index in [1.807, 2.05) is 11.9 Å². The summed E-state index contributed by atoms with van der Waals surface area (Å²) in [5.74, 6) is 0.812. The molecule has 0 amide bonds. The largest absolute Gasteiger partial charge is 0.480 e.